The molecule has 2 rings (SSSR count). The highest BCUT2D eigenvalue weighted by molar-refractivity contribution is 14.1. The largest absolute Gasteiger partial charge is 0.351 e. The van der Waals surface area contributed by atoms with Crippen molar-refractivity contribution in [2.45, 2.75) is 0 Å². The molecule has 0 aromatic carbocycles. The molecule has 92 valence electrons. The van der Waals surface area contributed by atoms with Crippen molar-refractivity contribution < 1.29 is 9.72 Å². The third-order valence-electron chi connectivity index (χ3n) is 2.09. The Morgan fingerprint density at radius 3 is 2.83 bits per heavy atom. The summed E-state index contributed by atoms with van der Waals surface area (Å²) in [5, 5.41) is 13.0. The molecule has 7 nitrogen and oxygen atoms in total. The van der Waals surface area contributed by atoms with Crippen LogP contribution in [0.15, 0.2) is 30.6 Å². The first kappa shape index (κ1) is 12.5. The second-order valence-corrected chi connectivity index (χ2v) is 4.59. The zero-order valence-electron chi connectivity index (χ0n) is 8.88. The Bertz CT molecular complexity index is 593. The zero-order valence-corrected chi connectivity index (χ0v) is 11.0. The summed E-state index contributed by atoms with van der Waals surface area (Å²) in [6, 6.07) is 4.61. The van der Waals surface area contributed by atoms with E-state index >= 15 is 0 Å². The van der Waals surface area contributed by atoms with Gasteiger partial charge in [0.2, 0.25) is 0 Å². The second kappa shape index (κ2) is 5.12. The molecule has 2 aromatic rings. The van der Waals surface area contributed by atoms with Gasteiger partial charge in [0.25, 0.3) is 11.6 Å². The van der Waals surface area contributed by atoms with Crippen LogP contribution in [-0.4, -0.2) is 20.8 Å². The highest BCUT2D eigenvalue weighted by Crippen LogP contribution is 2.14. The van der Waals surface area contributed by atoms with Crippen LogP contribution < -0.4 is 5.32 Å². The van der Waals surface area contributed by atoms with Crippen molar-refractivity contribution in [1.82, 2.24) is 9.97 Å². The number of anilines is 1. The van der Waals surface area contributed by atoms with E-state index in [1.807, 2.05) is 0 Å². The van der Waals surface area contributed by atoms with Gasteiger partial charge in [-0.25, -0.2) is 4.98 Å². The van der Waals surface area contributed by atoms with Crippen LogP contribution in [0.5, 0.6) is 0 Å². The van der Waals surface area contributed by atoms with Crippen LogP contribution in [0.4, 0.5) is 11.5 Å². The maximum atomic E-state index is 11.7. The van der Waals surface area contributed by atoms with Crippen molar-refractivity contribution in [2.75, 3.05) is 5.32 Å². The van der Waals surface area contributed by atoms with Crippen molar-refractivity contribution in [3.8, 4) is 0 Å². The molecule has 2 N–H and O–H groups in total. The van der Waals surface area contributed by atoms with Gasteiger partial charge in [-0.15, -0.1) is 0 Å². The SMILES string of the molecule is O=C(Nc1ccc(I)cn1)c1cc([N+](=O)[O-])c[nH]1. The quantitative estimate of drug-likeness (QED) is 0.499. The zero-order chi connectivity index (χ0) is 13.1. The third kappa shape index (κ3) is 2.83. The average Bonchev–Trinajstić information content (AvgIpc) is 2.81. The van der Waals surface area contributed by atoms with E-state index in [-0.39, 0.29) is 11.4 Å². The van der Waals surface area contributed by atoms with E-state index in [4.69, 9.17) is 0 Å². The molecule has 0 aliphatic carbocycles. The van der Waals surface area contributed by atoms with E-state index in [1.165, 1.54) is 6.07 Å². The predicted molar refractivity (Wildman–Crippen MR) is 72.4 cm³/mol. The Morgan fingerprint density at radius 1 is 1.50 bits per heavy atom. The van der Waals surface area contributed by atoms with Gasteiger partial charge in [0.15, 0.2) is 0 Å². The molecule has 0 aliphatic heterocycles. The predicted octanol–water partition coefficient (Wildman–Crippen LogP) is 2.17. The summed E-state index contributed by atoms with van der Waals surface area (Å²) < 4.78 is 0.945. The molecule has 0 spiro atoms. The number of nitrogens with one attached hydrogen (secondary N) is 2. The molecule has 0 fully saturated rings. The molecule has 0 radical (unpaired) electrons. The first-order chi connectivity index (χ1) is 8.56. The van der Waals surface area contributed by atoms with E-state index in [1.54, 1.807) is 18.3 Å². The molecule has 18 heavy (non-hydrogen) atoms. The second-order valence-electron chi connectivity index (χ2n) is 3.34. The number of aromatic amines is 1. The maximum Gasteiger partial charge on any atom is 0.287 e. The molecule has 0 aliphatic rings. The molecule has 0 unspecified atom stereocenters. The van der Waals surface area contributed by atoms with Crippen molar-refractivity contribution in [1.29, 1.82) is 0 Å². The van der Waals surface area contributed by atoms with Crippen molar-refractivity contribution in [3.05, 3.63) is 50.0 Å². The fourth-order valence-corrected chi connectivity index (χ4v) is 1.57. The number of carbonyl (C=O) groups excluding carboxylic acids is 1. The Morgan fingerprint density at radius 2 is 2.28 bits per heavy atom. The third-order valence-corrected chi connectivity index (χ3v) is 2.73. The monoisotopic (exact) mass is 358 g/mol. The number of hydrogen-bond acceptors (Lipinski definition) is 4. The van der Waals surface area contributed by atoms with Crippen LogP contribution in [0.3, 0.4) is 0 Å². The molecule has 8 heteroatoms. The fourth-order valence-electron chi connectivity index (χ4n) is 1.25. The van der Waals surface area contributed by atoms with Crippen LogP contribution in [0.2, 0.25) is 0 Å². The summed E-state index contributed by atoms with van der Waals surface area (Å²) in [7, 11) is 0. The Labute approximate surface area is 115 Å². The maximum absolute atomic E-state index is 11.7. The van der Waals surface area contributed by atoms with Gasteiger partial charge in [-0.05, 0) is 34.7 Å². The minimum Gasteiger partial charge on any atom is -0.351 e. The summed E-state index contributed by atoms with van der Waals surface area (Å²) in [4.78, 5) is 28.2. The van der Waals surface area contributed by atoms with Crippen LogP contribution in [0, 0.1) is 13.7 Å². The van der Waals surface area contributed by atoms with Crippen molar-refractivity contribution in [3.63, 3.8) is 0 Å². The molecular formula is C10H7IN4O3. The molecule has 0 saturated heterocycles. The van der Waals surface area contributed by atoms with Crippen LogP contribution in [0.25, 0.3) is 0 Å². The number of carbonyl (C=O) groups is 1. The Hall–Kier alpha value is -1.97. The lowest BCUT2D eigenvalue weighted by molar-refractivity contribution is -0.384. The minimum absolute atomic E-state index is 0.113. The van der Waals surface area contributed by atoms with Crippen LogP contribution in [0.1, 0.15) is 10.5 Å². The minimum atomic E-state index is -0.573. The topological polar surface area (TPSA) is 101 Å². The summed E-state index contributed by atoms with van der Waals surface area (Å²) in [5.41, 5.74) is -0.0437. The van der Waals surface area contributed by atoms with Crippen LogP contribution >= 0.6 is 22.6 Å². The van der Waals surface area contributed by atoms with E-state index in [0.29, 0.717) is 5.82 Å². The Kier molecular flexibility index (Phi) is 3.55. The number of hydrogen-bond donors (Lipinski definition) is 2. The van der Waals surface area contributed by atoms with Gasteiger partial charge < -0.3 is 10.3 Å². The number of amides is 1. The first-order valence-electron chi connectivity index (χ1n) is 4.82. The lowest BCUT2D eigenvalue weighted by Gasteiger charge is -2.01. The standard InChI is InChI=1S/C10H7IN4O3/c11-6-1-2-9(13-4-6)14-10(16)8-3-7(5-12-8)15(17)18/h1-5,12H,(H,13,14,16). The Balaban J connectivity index is 2.11. The van der Waals surface area contributed by atoms with Gasteiger partial charge in [-0.3, -0.25) is 14.9 Å². The number of nitrogens with zero attached hydrogens (tertiary/aromatic N) is 2. The van der Waals surface area contributed by atoms with Gasteiger partial charge in [-0.1, -0.05) is 0 Å². The van der Waals surface area contributed by atoms with E-state index in [0.717, 1.165) is 9.77 Å². The molecule has 0 bridgehead atoms. The molecule has 0 saturated carbocycles. The first-order valence-corrected chi connectivity index (χ1v) is 5.90. The summed E-state index contributed by atoms with van der Waals surface area (Å²) in [5.74, 6) is -0.0884. The number of halogens is 1. The number of nitro groups is 1. The van der Waals surface area contributed by atoms with Gasteiger partial charge in [-0.2, -0.15) is 0 Å². The van der Waals surface area contributed by atoms with Gasteiger partial charge in [0, 0.05) is 15.8 Å². The highest BCUT2D eigenvalue weighted by atomic mass is 127. The van der Waals surface area contributed by atoms with Gasteiger partial charge in [0.05, 0.1) is 11.1 Å². The number of H-pyrrole nitrogens is 1. The summed E-state index contributed by atoms with van der Waals surface area (Å²) >= 11 is 2.10. The van der Waals surface area contributed by atoms with Crippen molar-refractivity contribution in [2.24, 2.45) is 0 Å². The molecular weight excluding hydrogens is 351 g/mol. The number of rotatable bonds is 3. The molecule has 1 amide bonds. The lowest BCUT2D eigenvalue weighted by atomic mass is 10.4. The molecule has 2 aromatic heterocycles. The average molecular weight is 358 g/mol. The highest BCUT2D eigenvalue weighted by Gasteiger charge is 2.14. The number of pyridine rings is 1. The van der Waals surface area contributed by atoms with Gasteiger partial charge >= 0.3 is 0 Å². The van der Waals surface area contributed by atoms with Crippen molar-refractivity contribution >= 4 is 40.0 Å². The fraction of sp³-hybridized carbons (Fsp3) is 0. The smallest absolute Gasteiger partial charge is 0.287 e. The van der Waals surface area contributed by atoms with Gasteiger partial charge in [0.1, 0.15) is 11.5 Å². The van der Waals surface area contributed by atoms with E-state index in [2.05, 4.69) is 37.9 Å². The summed E-state index contributed by atoms with van der Waals surface area (Å²) in [6.45, 7) is 0. The van der Waals surface area contributed by atoms with Crippen LogP contribution in [-0.2, 0) is 0 Å². The number of aromatic nitrogens is 2. The summed E-state index contributed by atoms with van der Waals surface area (Å²) in [6.07, 6.45) is 2.77. The normalized spacial score (nSPS) is 10.1. The van der Waals surface area contributed by atoms with E-state index < -0.39 is 10.8 Å². The lowest BCUT2D eigenvalue weighted by Crippen LogP contribution is -2.13. The van der Waals surface area contributed by atoms with E-state index in [9.17, 15) is 14.9 Å². The molecule has 2 heterocycles. The molecule has 0 atom stereocenters.